The van der Waals surface area contributed by atoms with Gasteiger partial charge >= 0.3 is 0 Å². The fourth-order valence-corrected chi connectivity index (χ4v) is 2.39. The zero-order valence-corrected chi connectivity index (χ0v) is 13.7. The van der Waals surface area contributed by atoms with Crippen LogP contribution < -0.4 is 10.2 Å². The number of hydrogen-bond acceptors (Lipinski definition) is 2. The Labute approximate surface area is 132 Å². The number of benzene rings is 2. The van der Waals surface area contributed by atoms with Gasteiger partial charge in [0.1, 0.15) is 0 Å². The monoisotopic (exact) mass is 302 g/mol. The lowest BCUT2D eigenvalue weighted by Gasteiger charge is -2.17. The Morgan fingerprint density at radius 2 is 1.62 bits per heavy atom. The zero-order valence-electron chi connectivity index (χ0n) is 12.9. The van der Waals surface area contributed by atoms with E-state index in [0.29, 0.717) is 6.04 Å². The summed E-state index contributed by atoms with van der Waals surface area (Å²) < 4.78 is 0. The van der Waals surface area contributed by atoms with E-state index in [1.54, 1.807) is 0 Å². The molecule has 0 aliphatic heterocycles. The summed E-state index contributed by atoms with van der Waals surface area (Å²) in [5, 5.41) is 4.36. The first-order chi connectivity index (χ1) is 10.1. The highest BCUT2D eigenvalue weighted by molar-refractivity contribution is 6.30. The standard InChI is InChI=1S/C18H23ClN2/c1-14(16-6-10-18(11-7-16)21(2)3)20-13-12-15-4-8-17(19)9-5-15/h4-11,14,20H,12-13H2,1-3H3. The van der Waals surface area contributed by atoms with Gasteiger partial charge in [0.25, 0.3) is 0 Å². The summed E-state index contributed by atoms with van der Waals surface area (Å²) in [5.41, 5.74) is 3.85. The fourth-order valence-electron chi connectivity index (χ4n) is 2.26. The maximum Gasteiger partial charge on any atom is 0.0406 e. The lowest BCUT2D eigenvalue weighted by Crippen LogP contribution is -2.21. The van der Waals surface area contributed by atoms with Gasteiger partial charge in [-0.1, -0.05) is 35.9 Å². The number of anilines is 1. The molecule has 2 nitrogen and oxygen atoms in total. The Morgan fingerprint density at radius 1 is 1.00 bits per heavy atom. The first kappa shape index (κ1) is 15.9. The van der Waals surface area contributed by atoms with Crippen LogP contribution in [-0.4, -0.2) is 20.6 Å². The summed E-state index contributed by atoms with van der Waals surface area (Å²) in [6, 6.07) is 17.1. The Bertz CT molecular complexity index is 546. The van der Waals surface area contributed by atoms with E-state index in [2.05, 4.69) is 67.6 Å². The van der Waals surface area contributed by atoms with E-state index in [9.17, 15) is 0 Å². The van der Waals surface area contributed by atoms with E-state index in [-0.39, 0.29) is 0 Å². The number of rotatable bonds is 6. The smallest absolute Gasteiger partial charge is 0.0406 e. The molecule has 0 aliphatic carbocycles. The molecule has 3 heteroatoms. The molecule has 1 atom stereocenters. The molecule has 112 valence electrons. The van der Waals surface area contributed by atoms with Gasteiger partial charge in [-0.2, -0.15) is 0 Å². The average Bonchev–Trinajstić information content (AvgIpc) is 2.49. The summed E-state index contributed by atoms with van der Waals surface area (Å²) in [4.78, 5) is 2.11. The summed E-state index contributed by atoms with van der Waals surface area (Å²) in [7, 11) is 4.12. The molecule has 2 rings (SSSR count). The lowest BCUT2D eigenvalue weighted by molar-refractivity contribution is 0.577. The van der Waals surface area contributed by atoms with Crippen molar-refractivity contribution in [2.45, 2.75) is 19.4 Å². The molecule has 0 saturated heterocycles. The van der Waals surface area contributed by atoms with Gasteiger partial charge in [-0.15, -0.1) is 0 Å². The largest absolute Gasteiger partial charge is 0.378 e. The maximum absolute atomic E-state index is 5.89. The second kappa shape index (κ2) is 7.48. The average molecular weight is 303 g/mol. The van der Waals surface area contributed by atoms with Gasteiger partial charge in [-0.25, -0.2) is 0 Å². The molecule has 0 amide bonds. The summed E-state index contributed by atoms with van der Waals surface area (Å²) in [6.45, 7) is 3.16. The van der Waals surface area contributed by atoms with Crippen LogP contribution in [0.3, 0.4) is 0 Å². The van der Waals surface area contributed by atoms with Crippen molar-refractivity contribution in [3.05, 3.63) is 64.7 Å². The molecular weight excluding hydrogens is 280 g/mol. The SMILES string of the molecule is CC(NCCc1ccc(Cl)cc1)c1ccc(N(C)C)cc1. The van der Waals surface area contributed by atoms with Crippen LogP contribution >= 0.6 is 11.6 Å². The van der Waals surface area contributed by atoms with Crippen molar-refractivity contribution in [2.75, 3.05) is 25.5 Å². The minimum absolute atomic E-state index is 0.355. The Kier molecular flexibility index (Phi) is 5.66. The van der Waals surface area contributed by atoms with E-state index >= 15 is 0 Å². The van der Waals surface area contributed by atoms with Gasteiger partial charge in [0.05, 0.1) is 0 Å². The van der Waals surface area contributed by atoms with Gasteiger partial charge in [0.2, 0.25) is 0 Å². The Balaban J connectivity index is 1.83. The number of nitrogens with zero attached hydrogens (tertiary/aromatic N) is 1. The molecule has 2 aromatic rings. The van der Waals surface area contributed by atoms with Crippen LogP contribution in [0.15, 0.2) is 48.5 Å². The van der Waals surface area contributed by atoms with E-state index in [1.807, 2.05) is 12.1 Å². The third-order valence-corrected chi connectivity index (χ3v) is 3.94. The molecule has 0 fully saturated rings. The predicted octanol–water partition coefficient (Wildman–Crippen LogP) is 4.30. The molecule has 1 unspecified atom stereocenters. The summed E-state index contributed by atoms with van der Waals surface area (Å²) >= 11 is 5.89. The molecule has 0 bridgehead atoms. The van der Waals surface area contributed by atoms with Crippen LogP contribution in [0.1, 0.15) is 24.1 Å². The molecule has 0 spiro atoms. The normalized spacial score (nSPS) is 12.2. The van der Waals surface area contributed by atoms with E-state index in [0.717, 1.165) is 18.0 Å². The topological polar surface area (TPSA) is 15.3 Å². The quantitative estimate of drug-likeness (QED) is 0.856. The molecule has 2 aromatic carbocycles. The van der Waals surface area contributed by atoms with Crippen molar-refractivity contribution >= 4 is 17.3 Å². The molecule has 21 heavy (non-hydrogen) atoms. The predicted molar refractivity (Wildman–Crippen MR) is 92.3 cm³/mol. The summed E-state index contributed by atoms with van der Waals surface area (Å²) in [5.74, 6) is 0. The van der Waals surface area contributed by atoms with Crippen molar-refractivity contribution in [2.24, 2.45) is 0 Å². The molecule has 1 N–H and O–H groups in total. The van der Waals surface area contributed by atoms with Crippen LogP contribution in [0.2, 0.25) is 5.02 Å². The van der Waals surface area contributed by atoms with E-state index in [4.69, 9.17) is 11.6 Å². The third kappa shape index (κ3) is 4.76. The van der Waals surface area contributed by atoms with Gasteiger partial charge in [0, 0.05) is 30.8 Å². The molecular formula is C18H23ClN2. The van der Waals surface area contributed by atoms with Crippen molar-refractivity contribution in [1.29, 1.82) is 0 Å². The van der Waals surface area contributed by atoms with Gasteiger partial charge < -0.3 is 10.2 Å². The first-order valence-electron chi connectivity index (χ1n) is 7.31. The van der Waals surface area contributed by atoms with Crippen molar-refractivity contribution < 1.29 is 0 Å². The highest BCUT2D eigenvalue weighted by Gasteiger charge is 2.05. The third-order valence-electron chi connectivity index (χ3n) is 3.69. The fraction of sp³-hybridized carbons (Fsp3) is 0.333. The molecule has 0 aromatic heterocycles. The maximum atomic E-state index is 5.89. The van der Waals surface area contributed by atoms with Gasteiger partial charge in [0.15, 0.2) is 0 Å². The Hall–Kier alpha value is -1.51. The van der Waals surface area contributed by atoms with Crippen LogP contribution in [0.5, 0.6) is 0 Å². The number of hydrogen-bond donors (Lipinski definition) is 1. The van der Waals surface area contributed by atoms with Crippen molar-refractivity contribution in [1.82, 2.24) is 5.32 Å². The van der Waals surface area contributed by atoms with Crippen LogP contribution in [0.4, 0.5) is 5.69 Å². The van der Waals surface area contributed by atoms with Crippen LogP contribution in [-0.2, 0) is 6.42 Å². The second-order valence-electron chi connectivity index (χ2n) is 5.54. The first-order valence-corrected chi connectivity index (χ1v) is 7.69. The number of nitrogens with one attached hydrogen (secondary N) is 1. The highest BCUT2D eigenvalue weighted by atomic mass is 35.5. The zero-order chi connectivity index (χ0) is 15.2. The molecule has 0 heterocycles. The van der Waals surface area contributed by atoms with Crippen molar-refractivity contribution in [3.8, 4) is 0 Å². The molecule has 0 aliphatic rings. The lowest BCUT2D eigenvalue weighted by atomic mass is 10.1. The minimum Gasteiger partial charge on any atom is -0.378 e. The summed E-state index contributed by atoms with van der Waals surface area (Å²) in [6.07, 6.45) is 1.01. The number of halogens is 1. The highest BCUT2D eigenvalue weighted by Crippen LogP contribution is 2.17. The van der Waals surface area contributed by atoms with Gasteiger partial charge in [-0.05, 0) is 55.3 Å². The van der Waals surface area contributed by atoms with Gasteiger partial charge in [-0.3, -0.25) is 0 Å². The van der Waals surface area contributed by atoms with Crippen LogP contribution in [0.25, 0.3) is 0 Å². The molecule has 0 radical (unpaired) electrons. The van der Waals surface area contributed by atoms with E-state index < -0.39 is 0 Å². The van der Waals surface area contributed by atoms with E-state index in [1.165, 1.54) is 16.8 Å². The minimum atomic E-state index is 0.355. The second-order valence-corrected chi connectivity index (χ2v) is 5.97. The molecule has 0 saturated carbocycles. The van der Waals surface area contributed by atoms with Crippen molar-refractivity contribution in [3.63, 3.8) is 0 Å². The van der Waals surface area contributed by atoms with Crippen LogP contribution in [0, 0.1) is 0 Å². The Morgan fingerprint density at radius 3 is 2.19 bits per heavy atom.